The lowest BCUT2D eigenvalue weighted by Gasteiger charge is -2.17. The van der Waals surface area contributed by atoms with Crippen LogP contribution in [0.4, 0.5) is 11.4 Å². The Bertz CT molecular complexity index is 2150. The highest BCUT2D eigenvalue weighted by Crippen LogP contribution is 2.38. The Balaban J connectivity index is 0.000000300. The molecular formula is C37H44N4O12S2. The molecule has 0 unspecified atom stereocenters. The average Bonchev–Trinajstić information content (AvgIpc) is 3.12. The number of aromatic carboxylic acids is 1. The van der Waals surface area contributed by atoms with Crippen LogP contribution in [0.15, 0.2) is 94.7 Å². The maximum Gasteiger partial charge on any atom is 0.341 e. The molecule has 0 bridgehead atoms. The fraction of sp³-hybridized carbons (Fsp3) is 0.270. The van der Waals surface area contributed by atoms with E-state index >= 15 is 0 Å². The average molecular weight is 801 g/mol. The number of unbranched alkanes of at least 4 members (excludes halogenated alkanes) is 2. The molecule has 296 valence electrons. The summed E-state index contributed by atoms with van der Waals surface area (Å²) in [6, 6.07) is 22.0. The highest BCUT2D eigenvalue weighted by atomic mass is 32.2. The summed E-state index contributed by atoms with van der Waals surface area (Å²) >= 11 is 0. The first-order valence-electron chi connectivity index (χ1n) is 16.9. The van der Waals surface area contributed by atoms with Gasteiger partial charge in [0.25, 0.3) is 0 Å². The van der Waals surface area contributed by atoms with E-state index in [2.05, 4.69) is 15.4 Å². The number of carbonyl (C=O) groups excluding carboxylic acids is 2. The molecule has 4 aromatic carbocycles. The molecule has 4 rings (SSSR count). The molecule has 0 aliphatic carbocycles. The van der Waals surface area contributed by atoms with Crippen LogP contribution >= 0.6 is 0 Å². The van der Waals surface area contributed by atoms with E-state index in [1.54, 1.807) is 60.7 Å². The predicted molar refractivity (Wildman–Crippen MR) is 204 cm³/mol. The van der Waals surface area contributed by atoms with Crippen LogP contribution in [0.3, 0.4) is 0 Å². The van der Waals surface area contributed by atoms with Gasteiger partial charge < -0.3 is 34.7 Å². The second kappa shape index (κ2) is 20.7. The molecular weight excluding hydrogens is 757 g/mol. The zero-order valence-electron chi connectivity index (χ0n) is 30.4. The van der Waals surface area contributed by atoms with Gasteiger partial charge in [-0.3, -0.25) is 4.79 Å². The number of nitrogens with one attached hydrogen (secondary N) is 2. The lowest BCUT2D eigenvalue weighted by atomic mass is 10.1. The van der Waals surface area contributed by atoms with Crippen molar-refractivity contribution in [1.29, 1.82) is 0 Å². The largest absolute Gasteiger partial charge is 0.478 e. The number of carboxylic acid groups (broad SMARTS) is 1. The van der Waals surface area contributed by atoms with Crippen LogP contribution in [0.2, 0.25) is 0 Å². The van der Waals surface area contributed by atoms with Crippen molar-refractivity contribution in [1.82, 2.24) is 0 Å². The number of benzene rings is 4. The smallest absolute Gasteiger partial charge is 0.341 e. The second-order valence-electron chi connectivity index (χ2n) is 11.7. The van der Waals surface area contributed by atoms with Gasteiger partial charge in [0, 0.05) is 20.0 Å². The highest BCUT2D eigenvalue weighted by molar-refractivity contribution is 7.89. The second-order valence-corrected chi connectivity index (χ2v) is 14.7. The molecule has 0 heterocycles. The number of para-hydroxylation sites is 2. The van der Waals surface area contributed by atoms with E-state index < -0.39 is 44.7 Å². The number of ether oxygens (including phenoxy) is 4. The summed E-state index contributed by atoms with van der Waals surface area (Å²) in [6.45, 7) is 5.62. The first-order chi connectivity index (χ1) is 26.0. The zero-order valence-corrected chi connectivity index (χ0v) is 32.1. The Morgan fingerprint density at radius 1 is 0.655 bits per heavy atom. The first-order valence-corrected chi connectivity index (χ1v) is 20.0. The molecule has 4 aromatic rings. The molecule has 0 atom stereocenters. The number of esters is 2. The normalized spacial score (nSPS) is 11.0. The van der Waals surface area contributed by atoms with Crippen molar-refractivity contribution in [3.8, 4) is 23.0 Å². The van der Waals surface area contributed by atoms with Gasteiger partial charge in [0.2, 0.25) is 26.8 Å². The summed E-state index contributed by atoms with van der Waals surface area (Å²) in [4.78, 5) is 33.7. The number of rotatable bonds is 18. The Kier molecular flexibility index (Phi) is 16.4. The van der Waals surface area contributed by atoms with Crippen molar-refractivity contribution < 1.29 is 55.3 Å². The minimum absolute atomic E-state index is 0.0187. The minimum atomic E-state index is -4.25. The van der Waals surface area contributed by atoms with Gasteiger partial charge >= 0.3 is 17.9 Å². The fourth-order valence-electron chi connectivity index (χ4n) is 4.60. The van der Waals surface area contributed by atoms with E-state index in [1.807, 2.05) is 13.8 Å². The Hall–Kier alpha value is -5.69. The maximum atomic E-state index is 12.3. The molecule has 0 fully saturated rings. The van der Waals surface area contributed by atoms with Gasteiger partial charge in [-0.2, -0.15) is 0 Å². The lowest BCUT2D eigenvalue weighted by molar-refractivity contribution is -0.149. The van der Waals surface area contributed by atoms with Crippen LogP contribution in [0, 0.1) is 0 Å². The molecule has 0 aliphatic rings. The Labute approximate surface area is 319 Å². The van der Waals surface area contributed by atoms with E-state index in [9.17, 15) is 36.3 Å². The summed E-state index contributed by atoms with van der Waals surface area (Å²) in [5, 5.41) is 26.0. The number of carbonyl (C=O) groups is 3. The topological polar surface area (TPSA) is 253 Å². The molecule has 0 aliphatic heterocycles. The number of primary sulfonamides is 2. The third-order valence-corrected chi connectivity index (χ3v) is 9.11. The molecule has 0 radical (unpaired) electrons. The van der Waals surface area contributed by atoms with Crippen molar-refractivity contribution in [2.75, 3.05) is 30.5 Å². The molecule has 55 heavy (non-hydrogen) atoms. The number of hydrogen-bond donors (Lipinski definition) is 5. The van der Waals surface area contributed by atoms with Gasteiger partial charge in [0.1, 0.15) is 21.3 Å². The number of carboxylic acids is 1. The quantitative estimate of drug-likeness (QED) is 0.0436. The number of nitrogens with two attached hydrogens (primary N) is 2. The van der Waals surface area contributed by atoms with Crippen molar-refractivity contribution in [2.45, 2.75) is 56.2 Å². The van der Waals surface area contributed by atoms with Crippen molar-refractivity contribution >= 4 is 49.3 Å². The predicted octanol–water partition coefficient (Wildman–Crippen LogP) is 6.05. The van der Waals surface area contributed by atoms with Crippen molar-refractivity contribution in [3.05, 3.63) is 96.1 Å². The zero-order chi connectivity index (χ0) is 40.6. The number of sulfonamides is 2. The fourth-order valence-corrected chi connectivity index (χ4v) is 6.01. The van der Waals surface area contributed by atoms with Crippen LogP contribution in [0.25, 0.3) is 0 Å². The van der Waals surface area contributed by atoms with E-state index in [0.717, 1.165) is 37.8 Å². The van der Waals surface area contributed by atoms with Gasteiger partial charge in [-0.15, -0.1) is 0 Å². The van der Waals surface area contributed by atoms with Crippen molar-refractivity contribution in [2.24, 2.45) is 10.3 Å². The molecule has 18 heteroatoms. The van der Waals surface area contributed by atoms with Crippen LogP contribution in [-0.2, 0) is 34.3 Å². The standard InChI is InChI=1S/C20H24N2O7S.C17H20N2O5S/c1-3-4-10-22-17-11-15(20(24)28-13-27-14(2)23)12-18(30(21,25)26)19(17)29-16-8-6-5-7-9-16;1-2-3-9-19-14-10-12(17(20)21)11-15(25(18,22)23)16(14)24-13-7-5-4-6-8-13/h5-9,11-12,22H,3-4,10,13H2,1-2H3,(H2,21,25,26);4-8,10-11,19H,2-3,9H2,1H3,(H,20,21)(H2,18,22,23). The molecule has 0 saturated heterocycles. The first kappa shape index (κ1) is 43.7. The third kappa shape index (κ3) is 13.9. The molecule has 0 aromatic heterocycles. The van der Waals surface area contributed by atoms with Crippen LogP contribution < -0.4 is 30.4 Å². The van der Waals surface area contributed by atoms with Crippen LogP contribution in [0.5, 0.6) is 23.0 Å². The third-order valence-electron chi connectivity index (χ3n) is 7.28. The minimum Gasteiger partial charge on any atom is -0.478 e. The summed E-state index contributed by atoms with van der Waals surface area (Å²) in [7, 11) is -8.45. The lowest BCUT2D eigenvalue weighted by Crippen LogP contribution is -2.17. The molecule has 0 saturated carbocycles. The summed E-state index contributed by atoms with van der Waals surface area (Å²) in [5.74, 6) is -2.01. The summed E-state index contributed by atoms with van der Waals surface area (Å²) < 4.78 is 69.4. The van der Waals surface area contributed by atoms with Gasteiger partial charge in [-0.1, -0.05) is 63.1 Å². The Morgan fingerprint density at radius 2 is 1.07 bits per heavy atom. The van der Waals surface area contributed by atoms with E-state index in [4.69, 9.17) is 24.5 Å². The number of anilines is 2. The monoisotopic (exact) mass is 800 g/mol. The van der Waals surface area contributed by atoms with E-state index in [-0.39, 0.29) is 43.8 Å². The van der Waals surface area contributed by atoms with Gasteiger partial charge in [-0.25, -0.2) is 36.7 Å². The van der Waals surface area contributed by atoms with Crippen LogP contribution in [0.1, 0.15) is 67.2 Å². The maximum absolute atomic E-state index is 12.3. The molecule has 0 amide bonds. The highest BCUT2D eigenvalue weighted by Gasteiger charge is 2.25. The van der Waals surface area contributed by atoms with Gasteiger partial charge in [-0.05, 0) is 61.4 Å². The molecule has 16 nitrogen and oxygen atoms in total. The summed E-state index contributed by atoms with van der Waals surface area (Å²) in [6.07, 6.45) is 3.44. The molecule has 7 N–H and O–H groups in total. The van der Waals surface area contributed by atoms with E-state index in [1.165, 1.54) is 19.1 Å². The molecule has 0 spiro atoms. The number of hydrogen-bond acceptors (Lipinski definition) is 13. The van der Waals surface area contributed by atoms with Crippen LogP contribution in [-0.4, -0.2) is 59.7 Å². The SMILES string of the molecule is CCCCNc1cc(C(=O)O)cc(S(N)(=O)=O)c1Oc1ccccc1.CCCCNc1cc(C(=O)OCOC(C)=O)cc(S(N)(=O)=O)c1Oc1ccccc1. The van der Waals surface area contributed by atoms with Gasteiger partial charge in [0.05, 0.1) is 22.5 Å². The van der Waals surface area contributed by atoms with Crippen molar-refractivity contribution in [3.63, 3.8) is 0 Å². The summed E-state index contributed by atoms with van der Waals surface area (Å²) in [5.41, 5.74) is 0.244. The Morgan fingerprint density at radius 3 is 1.45 bits per heavy atom. The van der Waals surface area contributed by atoms with E-state index in [0.29, 0.717) is 24.6 Å². The van der Waals surface area contributed by atoms with Gasteiger partial charge in [0.15, 0.2) is 11.5 Å².